The highest BCUT2D eigenvalue weighted by Gasteiger charge is 2.25. The van der Waals surface area contributed by atoms with Gasteiger partial charge in [0.15, 0.2) is 0 Å². The molecule has 4 heterocycles. The molecule has 0 aliphatic carbocycles. The third-order valence-corrected chi connectivity index (χ3v) is 16.6. The summed E-state index contributed by atoms with van der Waals surface area (Å²) in [6.07, 6.45) is 3.71. The normalized spacial score (nSPS) is 11.4. The van der Waals surface area contributed by atoms with E-state index >= 15 is 0 Å². The van der Waals surface area contributed by atoms with Gasteiger partial charge in [0, 0.05) is 74.6 Å². The molecule has 11 rings (SSSR count). The fourth-order valence-corrected chi connectivity index (χ4v) is 12.8. The molecule has 0 fully saturated rings. The number of aromatic nitrogens is 4. The van der Waals surface area contributed by atoms with Gasteiger partial charge in [-0.15, -0.1) is 0 Å². The van der Waals surface area contributed by atoms with Gasteiger partial charge in [0.2, 0.25) is 0 Å². The minimum absolute atomic E-state index is 0.0276. The maximum absolute atomic E-state index is 5.07. The van der Waals surface area contributed by atoms with Crippen molar-refractivity contribution in [2.75, 3.05) is 47.8 Å². The fraction of sp³-hybridized carbons (Fsp3) is 0.253. The monoisotopic (exact) mass is 1200 g/mol. The molecule has 0 aliphatic rings. The molecule has 7 aromatic carbocycles. The molecule has 8 heteroatoms. The van der Waals surface area contributed by atoms with Crippen LogP contribution in [0.25, 0.3) is 11.3 Å². The Labute approximate surface area is 545 Å². The predicted octanol–water partition coefficient (Wildman–Crippen LogP) is 19.9. The van der Waals surface area contributed by atoms with E-state index in [2.05, 4.69) is 333 Å². The Morgan fingerprint density at radius 2 is 0.758 bits per heavy atom. The van der Waals surface area contributed by atoms with E-state index in [0.29, 0.717) is 5.92 Å². The molecule has 8 nitrogen and oxygen atoms in total. The SMILES string of the molecule is CC(C)c1ccc(N(C)C(c2ccccc2)c2cccc(-c3ccccc3)n2)cc1.Cc1cc(C)c(N(C)C(c2ccccc2)c2ccccn2)c(C)c1.Cc1cc(C)c(N(C)Cc2cccc(C)n2)c(C)c1.Cc1cc(C)c(N(C)Cc2ccccn2)c(C)c1. The van der Waals surface area contributed by atoms with Crippen LogP contribution in [0.1, 0.15) is 127 Å². The second kappa shape index (κ2) is 32.2. The lowest BCUT2D eigenvalue weighted by molar-refractivity contribution is 0.750. The first-order chi connectivity index (χ1) is 43.8. The maximum Gasteiger partial charge on any atom is 0.0963 e. The summed E-state index contributed by atoms with van der Waals surface area (Å²) in [4.78, 5) is 27.9. The lowest BCUT2D eigenvalue weighted by Gasteiger charge is -2.33. The van der Waals surface area contributed by atoms with Crippen molar-refractivity contribution in [2.24, 2.45) is 0 Å². The first-order valence-corrected chi connectivity index (χ1v) is 31.8. The van der Waals surface area contributed by atoms with Crippen LogP contribution < -0.4 is 19.6 Å². The molecule has 0 N–H and O–H groups in total. The predicted molar refractivity (Wildman–Crippen MR) is 387 cm³/mol. The van der Waals surface area contributed by atoms with Crippen LogP contribution in [0.15, 0.2) is 237 Å². The van der Waals surface area contributed by atoms with E-state index in [1.165, 1.54) is 89.5 Å². The van der Waals surface area contributed by atoms with Crippen molar-refractivity contribution in [3.05, 3.63) is 332 Å². The average Bonchev–Trinajstić information content (AvgIpc) is 1.35. The lowest BCUT2D eigenvalue weighted by atomic mass is 9.98. The van der Waals surface area contributed by atoms with Crippen molar-refractivity contribution in [2.45, 2.75) is 114 Å². The maximum atomic E-state index is 5.07. The van der Waals surface area contributed by atoms with E-state index in [0.717, 1.165) is 52.8 Å². The summed E-state index contributed by atoms with van der Waals surface area (Å²) < 4.78 is 0. The Bertz CT molecular complexity index is 3930. The Balaban J connectivity index is 0.000000160. The van der Waals surface area contributed by atoms with E-state index in [1.807, 2.05) is 49.6 Å². The molecule has 0 aliphatic heterocycles. The number of benzene rings is 7. The van der Waals surface area contributed by atoms with Gasteiger partial charge < -0.3 is 19.6 Å². The van der Waals surface area contributed by atoms with Crippen molar-refractivity contribution in [3.8, 4) is 11.3 Å². The minimum atomic E-state index is 0.0276. The Kier molecular flexibility index (Phi) is 23.8. The summed E-state index contributed by atoms with van der Waals surface area (Å²) in [6.45, 7) is 27.7. The summed E-state index contributed by atoms with van der Waals surface area (Å²) in [5, 5.41) is 0. The second-order valence-corrected chi connectivity index (χ2v) is 24.7. The van der Waals surface area contributed by atoms with Gasteiger partial charge in [0.05, 0.1) is 53.6 Å². The van der Waals surface area contributed by atoms with E-state index in [-0.39, 0.29) is 12.1 Å². The van der Waals surface area contributed by atoms with E-state index in [4.69, 9.17) is 4.98 Å². The quantitative estimate of drug-likeness (QED) is 0.0948. The summed E-state index contributed by atoms with van der Waals surface area (Å²) >= 11 is 0. The largest absolute Gasteiger partial charge is 0.368 e. The van der Waals surface area contributed by atoms with Crippen LogP contribution in [-0.4, -0.2) is 48.1 Å². The zero-order valence-electron chi connectivity index (χ0n) is 56.7. The minimum Gasteiger partial charge on any atom is -0.368 e. The van der Waals surface area contributed by atoms with Crippen LogP contribution in [-0.2, 0) is 13.1 Å². The molecule has 0 saturated heterocycles. The Morgan fingerprint density at radius 1 is 0.341 bits per heavy atom. The fourth-order valence-electron chi connectivity index (χ4n) is 12.8. The number of anilines is 4. The molecule has 0 bridgehead atoms. The van der Waals surface area contributed by atoms with Gasteiger partial charge >= 0.3 is 0 Å². The van der Waals surface area contributed by atoms with Crippen LogP contribution in [0.2, 0.25) is 0 Å². The number of pyridine rings is 4. The highest BCUT2D eigenvalue weighted by atomic mass is 15.2. The van der Waals surface area contributed by atoms with Crippen LogP contribution in [0.4, 0.5) is 22.7 Å². The van der Waals surface area contributed by atoms with E-state index in [1.54, 1.807) is 0 Å². The smallest absolute Gasteiger partial charge is 0.0963 e. The molecule has 91 heavy (non-hydrogen) atoms. The zero-order valence-corrected chi connectivity index (χ0v) is 56.7. The standard InChI is InChI=1S/C28H28N2.C22H24N2.C17H22N2.C16H20N2/c1-21(2)22-17-19-25(20-18-22)30(3)28(24-13-8-5-9-14-24)27-16-10-15-26(29-27)23-11-6-4-7-12-23;1-16-14-17(2)21(18(3)15-16)24(4)22(19-10-6-5-7-11-19)20-12-8-9-13-23-20;1-12-9-13(2)17(14(3)10-12)19(5)11-16-8-6-7-15(4)18-16;1-12-9-13(2)16(14(3)10-12)18(4)11-15-7-5-6-8-17-15/h4-21,28H,1-3H3;5-15,22H,1-4H3;6-10H,11H2,1-5H3;5-10H,11H2,1-4H3. The summed E-state index contributed by atoms with van der Waals surface area (Å²) in [5.41, 5.74) is 28.3. The topological polar surface area (TPSA) is 64.5 Å². The number of hydrogen-bond acceptors (Lipinski definition) is 8. The van der Waals surface area contributed by atoms with Crippen LogP contribution in [0.3, 0.4) is 0 Å². The van der Waals surface area contributed by atoms with E-state index < -0.39 is 0 Å². The third kappa shape index (κ3) is 18.3. The Hall–Kier alpha value is -9.66. The summed E-state index contributed by atoms with van der Waals surface area (Å²) in [5.74, 6) is 0.526. The second-order valence-electron chi connectivity index (χ2n) is 24.7. The molecule has 0 radical (unpaired) electrons. The Morgan fingerprint density at radius 3 is 1.22 bits per heavy atom. The number of nitrogens with zero attached hydrogens (tertiary/aromatic N) is 8. The first-order valence-electron chi connectivity index (χ1n) is 31.8. The highest BCUT2D eigenvalue weighted by molar-refractivity contribution is 5.64. The summed E-state index contributed by atoms with van der Waals surface area (Å²) in [7, 11) is 8.57. The van der Waals surface area contributed by atoms with E-state index in [9.17, 15) is 0 Å². The molecule has 2 atom stereocenters. The van der Waals surface area contributed by atoms with Crippen LogP contribution in [0, 0.1) is 69.2 Å². The third-order valence-electron chi connectivity index (χ3n) is 16.6. The van der Waals surface area contributed by atoms with Crippen molar-refractivity contribution in [1.82, 2.24) is 19.9 Å². The number of aryl methyl sites for hydroxylation is 10. The zero-order chi connectivity index (χ0) is 65.1. The molecule has 466 valence electrons. The molecule has 2 unspecified atom stereocenters. The van der Waals surface area contributed by atoms with Crippen molar-refractivity contribution >= 4 is 22.7 Å². The highest BCUT2D eigenvalue weighted by Crippen LogP contribution is 2.37. The number of hydrogen-bond donors (Lipinski definition) is 0. The summed E-state index contributed by atoms with van der Waals surface area (Å²) in [6, 6.07) is 78.7. The van der Waals surface area contributed by atoms with Gasteiger partial charge in [0.1, 0.15) is 0 Å². The van der Waals surface area contributed by atoms with Gasteiger partial charge in [-0.05, 0) is 186 Å². The van der Waals surface area contributed by atoms with Gasteiger partial charge in [-0.2, -0.15) is 0 Å². The van der Waals surface area contributed by atoms with Gasteiger partial charge in [-0.25, -0.2) is 0 Å². The van der Waals surface area contributed by atoms with Gasteiger partial charge in [-0.3, -0.25) is 19.9 Å². The van der Waals surface area contributed by atoms with Crippen molar-refractivity contribution < 1.29 is 0 Å². The molecular weight excluding hydrogens is 1110 g/mol. The number of rotatable bonds is 16. The van der Waals surface area contributed by atoms with Crippen LogP contribution in [0.5, 0.6) is 0 Å². The van der Waals surface area contributed by atoms with Crippen molar-refractivity contribution in [3.63, 3.8) is 0 Å². The van der Waals surface area contributed by atoms with Gasteiger partial charge in [-0.1, -0.05) is 194 Å². The molecule has 0 saturated carbocycles. The molecule has 0 spiro atoms. The molecule has 4 aromatic heterocycles. The molecular formula is C83H94N8. The molecule has 11 aromatic rings. The molecule has 0 amide bonds. The van der Waals surface area contributed by atoms with Crippen molar-refractivity contribution in [1.29, 1.82) is 0 Å². The first kappa shape index (κ1) is 67.3. The lowest BCUT2D eigenvalue weighted by Crippen LogP contribution is -2.27. The average molecular weight is 1200 g/mol. The van der Waals surface area contributed by atoms with Gasteiger partial charge in [0.25, 0.3) is 0 Å². The van der Waals surface area contributed by atoms with Crippen LogP contribution >= 0.6 is 0 Å².